The van der Waals surface area contributed by atoms with Crippen LogP contribution in [0, 0.1) is 6.92 Å². The monoisotopic (exact) mass is 532 g/mol. The largest absolute Gasteiger partial charge is 0.490 e. The normalized spacial score (nSPS) is 17.4. The molecular weight excluding hydrogens is 507 g/mol. The number of alkyl halides is 5. The molecule has 0 spiro atoms. The summed E-state index contributed by atoms with van der Waals surface area (Å²) in [6, 6.07) is 6.45. The minimum Gasteiger partial charge on any atom is -0.490 e. The van der Waals surface area contributed by atoms with Gasteiger partial charge in [-0.25, -0.2) is 22.2 Å². The molecule has 4 rings (SSSR count). The zero-order valence-corrected chi connectivity index (χ0v) is 20.6. The van der Waals surface area contributed by atoms with Crippen molar-refractivity contribution in [1.82, 2.24) is 9.71 Å². The fourth-order valence-corrected chi connectivity index (χ4v) is 5.60. The van der Waals surface area contributed by atoms with Crippen molar-refractivity contribution in [2.75, 3.05) is 0 Å². The van der Waals surface area contributed by atoms with E-state index in [0.717, 1.165) is 16.9 Å². The SMILES string of the molecule is Cc1cc(-c2cc(S(=O)(=O)C(C)(C)C(F)(F)F)ccc2OC2CCC(F)(F)CC2)c2ccnc-2n1O. The van der Waals surface area contributed by atoms with E-state index < -0.39 is 37.7 Å². The first-order valence-corrected chi connectivity index (χ1v) is 12.7. The van der Waals surface area contributed by atoms with Crippen molar-refractivity contribution < 1.29 is 40.3 Å². The molecule has 36 heavy (non-hydrogen) atoms. The second-order valence-corrected chi connectivity index (χ2v) is 12.0. The first kappa shape index (κ1) is 26.2. The smallest absolute Gasteiger partial charge is 0.408 e. The van der Waals surface area contributed by atoms with Crippen molar-refractivity contribution in [3.05, 3.63) is 42.2 Å². The minimum absolute atomic E-state index is 0.0609. The van der Waals surface area contributed by atoms with Crippen LogP contribution in [0.5, 0.6) is 5.75 Å². The van der Waals surface area contributed by atoms with Gasteiger partial charge in [0, 0.05) is 30.2 Å². The Hall–Kier alpha value is -2.89. The van der Waals surface area contributed by atoms with E-state index in [1.54, 1.807) is 13.0 Å². The summed E-state index contributed by atoms with van der Waals surface area (Å²) in [5.74, 6) is -2.51. The van der Waals surface area contributed by atoms with E-state index in [9.17, 15) is 35.6 Å². The summed E-state index contributed by atoms with van der Waals surface area (Å²) in [4.78, 5) is 3.52. The lowest BCUT2D eigenvalue weighted by Crippen LogP contribution is -2.46. The summed E-state index contributed by atoms with van der Waals surface area (Å²) in [7, 11) is -4.90. The highest BCUT2D eigenvalue weighted by atomic mass is 32.2. The number of aromatic nitrogens is 2. The van der Waals surface area contributed by atoms with Gasteiger partial charge < -0.3 is 9.94 Å². The van der Waals surface area contributed by atoms with Gasteiger partial charge in [0.1, 0.15) is 5.75 Å². The highest BCUT2D eigenvalue weighted by Crippen LogP contribution is 2.45. The predicted octanol–water partition coefficient (Wildman–Crippen LogP) is 6.27. The van der Waals surface area contributed by atoms with Crippen LogP contribution >= 0.6 is 0 Å². The van der Waals surface area contributed by atoms with Crippen LogP contribution in [0.3, 0.4) is 0 Å². The molecule has 0 bridgehead atoms. The zero-order valence-electron chi connectivity index (χ0n) is 19.7. The second kappa shape index (κ2) is 8.60. The first-order valence-electron chi connectivity index (χ1n) is 11.2. The summed E-state index contributed by atoms with van der Waals surface area (Å²) in [5, 5.41) is 10.3. The quantitative estimate of drug-likeness (QED) is 0.309. The molecule has 2 heterocycles. The molecule has 196 valence electrons. The van der Waals surface area contributed by atoms with Crippen LogP contribution in [-0.2, 0) is 9.84 Å². The molecule has 3 aliphatic rings. The molecule has 2 aliphatic heterocycles. The molecule has 0 aromatic heterocycles. The third-order valence-corrected chi connectivity index (χ3v) is 9.17. The summed E-state index contributed by atoms with van der Waals surface area (Å²) in [6.45, 7) is 2.75. The number of benzene rings is 1. The number of sulfone groups is 1. The lowest BCUT2D eigenvalue weighted by molar-refractivity contribution is -0.153. The number of hydrogen-bond acceptors (Lipinski definition) is 5. The molecule has 0 saturated heterocycles. The molecule has 1 fully saturated rings. The van der Waals surface area contributed by atoms with Crippen molar-refractivity contribution >= 4 is 9.84 Å². The molecule has 1 saturated carbocycles. The van der Waals surface area contributed by atoms with Crippen LogP contribution in [-0.4, -0.2) is 46.3 Å². The Bertz CT molecular complexity index is 1360. The summed E-state index contributed by atoms with van der Waals surface area (Å²) in [5.41, 5.74) is 1.23. The molecule has 1 aromatic carbocycles. The van der Waals surface area contributed by atoms with Gasteiger partial charge in [0.25, 0.3) is 0 Å². The average Bonchev–Trinajstić information content (AvgIpc) is 3.27. The van der Waals surface area contributed by atoms with Gasteiger partial charge in [-0.15, -0.1) is 0 Å². The van der Waals surface area contributed by atoms with Crippen LogP contribution in [0.15, 0.2) is 41.4 Å². The van der Waals surface area contributed by atoms with Gasteiger partial charge >= 0.3 is 6.18 Å². The van der Waals surface area contributed by atoms with Crippen molar-refractivity contribution in [3.8, 4) is 28.3 Å². The predicted molar refractivity (Wildman–Crippen MR) is 121 cm³/mol. The van der Waals surface area contributed by atoms with Crippen molar-refractivity contribution in [2.45, 2.75) is 74.3 Å². The Kier molecular flexibility index (Phi) is 6.26. The van der Waals surface area contributed by atoms with Crippen LogP contribution < -0.4 is 4.74 Å². The van der Waals surface area contributed by atoms with Crippen LogP contribution in [0.25, 0.3) is 22.5 Å². The number of rotatable bonds is 5. The number of fused-ring (bicyclic) bond motifs is 1. The van der Waals surface area contributed by atoms with E-state index in [0.29, 0.717) is 30.7 Å². The number of pyridine rings is 1. The average molecular weight is 533 g/mol. The zero-order chi connectivity index (χ0) is 26.7. The maximum absolute atomic E-state index is 13.6. The maximum Gasteiger partial charge on any atom is 0.408 e. The summed E-state index contributed by atoms with van der Waals surface area (Å²) < 4.78 is 98.1. The summed E-state index contributed by atoms with van der Waals surface area (Å²) >= 11 is 0. The molecule has 1 aliphatic carbocycles. The van der Waals surface area contributed by atoms with Gasteiger partial charge in [0.15, 0.2) is 20.4 Å². The fourth-order valence-electron chi connectivity index (χ4n) is 4.19. The van der Waals surface area contributed by atoms with Crippen molar-refractivity contribution in [3.63, 3.8) is 0 Å². The molecule has 1 aromatic rings. The number of aryl methyl sites for hydroxylation is 1. The standard InChI is InChI=1S/C24H25F5N2O4S/c1-14-12-18(17-8-11-30-21(17)31(14)32)19-13-16(36(33,34)22(2,3)24(27,28)29)4-5-20(19)35-15-6-9-23(25,26)10-7-15/h4-5,8,11-13,15,32H,6-7,9-10H2,1-3H3. The van der Waals surface area contributed by atoms with E-state index in [2.05, 4.69) is 4.98 Å². The topological polar surface area (TPSA) is 81.4 Å². The fraction of sp³-hybridized carbons (Fsp3) is 0.458. The lowest BCUT2D eigenvalue weighted by atomic mass is 9.94. The van der Waals surface area contributed by atoms with Crippen LogP contribution in [0.1, 0.15) is 45.2 Å². The number of hydrogen-bond donors (Lipinski definition) is 1. The summed E-state index contributed by atoms with van der Waals surface area (Å²) in [6.07, 6.45) is -4.83. The van der Waals surface area contributed by atoms with Gasteiger partial charge in [-0.1, -0.05) is 0 Å². The Balaban J connectivity index is 1.87. The van der Waals surface area contributed by atoms with Crippen molar-refractivity contribution in [1.29, 1.82) is 0 Å². The third-order valence-electron chi connectivity index (χ3n) is 6.72. The highest BCUT2D eigenvalue weighted by Gasteiger charge is 2.57. The van der Waals surface area contributed by atoms with Gasteiger partial charge in [-0.3, -0.25) is 0 Å². The van der Waals surface area contributed by atoms with E-state index in [4.69, 9.17) is 4.74 Å². The molecule has 12 heteroatoms. The molecular formula is C24H25F5N2O4S. The van der Waals surface area contributed by atoms with Gasteiger partial charge in [0.2, 0.25) is 5.92 Å². The Labute approximate surface area is 204 Å². The molecule has 0 radical (unpaired) electrons. The lowest BCUT2D eigenvalue weighted by Gasteiger charge is -2.30. The van der Waals surface area contributed by atoms with Gasteiger partial charge in [0.05, 0.1) is 16.7 Å². The Morgan fingerprint density at radius 3 is 2.31 bits per heavy atom. The van der Waals surface area contributed by atoms with Crippen LogP contribution in [0.4, 0.5) is 22.0 Å². The Morgan fingerprint density at radius 2 is 1.69 bits per heavy atom. The molecule has 0 atom stereocenters. The van der Waals surface area contributed by atoms with Crippen LogP contribution in [0.2, 0.25) is 0 Å². The first-order chi connectivity index (χ1) is 16.5. The number of ether oxygens (including phenoxy) is 1. The maximum atomic E-state index is 13.6. The number of halogens is 5. The third kappa shape index (κ3) is 4.39. The van der Waals surface area contributed by atoms with E-state index in [-0.39, 0.29) is 42.8 Å². The molecule has 0 unspecified atom stereocenters. The van der Waals surface area contributed by atoms with Gasteiger partial charge in [-0.2, -0.15) is 17.9 Å². The second-order valence-electron chi connectivity index (χ2n) is 9.54. The van der Waals surface area contributed by atoms with E-state index >= 15 is 0 Å². The molecule has 0 amide bonds. The number of nitrogens with zero attached hydrogens (tertiary/aromatic N) is 2. The minimum atomic E-state index is -5.04. The molecule has 6 nitrogen and oxygen atoms in total. The molecule has 1 N–H and O–H groups in total. The van der Waals surface area contributed by atoms with Crippen molar-refractivity contribution in [2.24, 2.45) is 0 Å². The van der Waals surface area contributed by atoms with E-state index in [1.165, 1.54) is 18.3 Å². The highest BCUT2D eigenvalue weighted by molar-refractivity contribution is 7.92. The van der Waals surface area contributed by atoms with Gasteiger partial charge in [-0.05, 0) is 69.5 Å². The Morgan fingerprint density at radius 1 is 1.06 bits per heavy atom. The van der Waals surface area contributed by atoms with E-state index in [1.807, 2.05) is 0 Å².